The van der Waals surface area contributed by atoms with Crippen LogP contribution in [0.5, 0.6) is 5.75 Å². The van der Waals surface area contributed by atoms with Gasteiger partial charge in [-0.15, -0.1) is 0 Å². The van der Waals surface area contributed by atoms with Gasteiger partial charge in [-0.3, -0.25) is 0 Å². The topological polar surface area (TPSA) is 66.5 Å². The van der Waals surface area contributed by atoms with Crippen molar-refractivity contribution in [3.8, 4) is 5.75 Å². The highest BCUT2D eigenvalue weighted by atomic mass is 79.9. The predicted molar refractivity (Wildman–Crippen MR) is 54.4 cm³/mol. The summed E-state index contributed by atoms with van der Waals surface area (Å²) in [4.78, 5) is 0. The molecule has 0 aromatic heterocycles. The van der Waals surface area contributed by atoms with Crippen LogP contribution >= 0.6 is 15.9 Å². The first-order valence-corrected chi connectivity index (χ1v) is 5.01. The molecule has 6 heteroatoms. The Morgan fingerprint density at radius 2 is 2.07 bits per heavy atom. The van der Waals surface area contributed by atoms with Crippen LogP contribution in [-0.4, -0.2) is 16.8 Å². The quantitative estimate of drug-likeness (QED) is 0.741. The van der Waals surface area contributed by atoms with Gasteiger partial charge in [-0.05, 0) is 28.4 Å². The molecule has 0 saturated heterocycles. The first-order chi connectivity index (χ1) is 6.99. The summed E-state index contributed by atoms with van der Waals surface area (Å²) >= 11 is 2.88. The molecule has 0 aliphatic rings. The van der Waals surface area contributed by atoms with Crippen molar-refractivity contribution in [1.82, 2.24) is 0 Å². The molecule has 1 aromatic carbocycles. The number of phenolic OH excluding ortho intramolecular Hbond substituents is 1. The Labute approximate surface area is 93.7 Å². The fraction of sp³-hybridized carbons (Fsp3) is 0.333. The van der Waals surface area contributed by atoms with E-state index in [0.29, 0.717) is 0 Å². The molecule has 0 amide bonds. The number of halogens is 3. The molecule has 0 radical (unpaired) electrons. The van der Waals surface area contributed by atoms with Crippen LogP contribution < -0.4 is 5.73 Å². The second kappa shape index (κ2) is 4.87. The number of benzene rings is 1. The summed E-state index contributed by atoms with van der Waals surface area (Å²) in [5.41, 5.74) is 5.17. The van der Waals surface area contributed by atoms with E-state index in [-0.39, 0.29) is 23.1 Å². The van der Waals surface area contributed by atoms with Crippen molar-refractivity contribution in [3.63, 3.8) is 0 Å². The van der Waals surface area contributed by atoms with Crippen molar-refractivity contribution < 1.29 is 19.0 Å². The number of aliphatic hydroxyl groups is 1. The lowest BCUT2D eigenvalue weighted by Crippen LogP contribution is -2.15. The third-order valence-electron chi connectivity index (χ3n) is 1.99. The molecule has 0 saturated carbocycles. The van der Waals surface area contributed by atoms with Crippen molar-refractivity contribution in [2.24, 2.45) is 5.73 Å². The number of aromatic hydroxyl groups is 1. The highest BCUT2D eigenvalue weighted by Crippen LogP contribution is 2.35. The van der Waals surface area contributed by atoms with Crippen LogP contribution in [0.3, 0.4) is 0 Å². The largest absolute Gasteiger partial charge is 0.506 e. The molecule has 0 fully saturated rings. The van der Waals surface area contributed by atoms with Gasteiger partial charge in [0.1, 0.15) is 5.75 Å². The maximum atomic E-state index is 13.3. The lowest BCUT2D eigenvalue weighted by Gasteiger charge is -2.14. The molecular formula is C9H10BrF2NO2. The van der Waals surface area contributed by atoms with Crippen LogP contribution in [0, 0.1) is 11.6 Å². The Morgan fingerprint density at radius 3 is 2.60 bits per heavy atom. The molecule has 84 valence electrons. The molecule has 4 N–H and O–H groups in total. The molecule has 15 heavy (non-hydrogen) atoms. The summed E-state index contributed by atoms with van der Waals surface area (Å²) in [6.07, 6.45) is 0.0420. The molecule has 0 spiro atoms. The van der Waals surface area contributed by atoms with Crippen molar-refractivity contribution in [3.05, 3.63) is 27.7 Å². The normalized spacial score (nSPS) is 12.9. The van der Waals surface area contributed by atoms with Gasteiger partial charge in [0.15, 0.2) is 11.6 Å². The maximum absolute atomic E-state index is 13.3. The van der Waals surface area contributed by atoms with E-state index >= 15 is 0 Å². The van der Waals surface area contributed by atoms with Gasteiger partial charge in [0.05, 0.1) is 10.0 Å². The van der Waals surface area contributed by atoms with Gasteiger partial charge in [0, 0.05) is 12.6 Å². The smallest absolute Gasteiger partial charge is 0.167 e. The molecular weight excluding hydrogens is 272 g/mol. The van der Waals surface area contributed by atoms with E-state index in [2.05, 4.69) is 15.9 Å². The van der Waals surface area contributed by atoms with Gasteiger partial charge >= 0.3 is 0 Å². The van der Waals surface area contributed by atoms with Crippen molar-refractivity contribution in [2.45, 2.75) is 12.5 Å². The van der Waals surface area contributed by atoms with Crippen LogP contribution in [0.15, 0.2) is 10.5 Å². The first-order valence-electron chi connectivity index (χ1n) is 4.21. The summed E-state index contributed by atoms with van der Waals surface area (Å²) in [5, 5.41) is 18.1. The second-order valence-corrected chi connectivity index (χ2v) is 3.89. The highest BCUT2D eigenvalue weighted by Gasteiger charge is 2.21. The minimum Gasteiger partial charge on any atom is -0.506 e. The zero-order valence-electron chi connectivity index (χ0n) is 7.67. The van der Waals surface area contributed by atoms with Crippen LogP contribution in [0.4, 0.5) is 8.78 Å². The van der Waals surface area contributed by atoms with Gasteiger partial charge in [-0.25, -0.2) is 8.78 Å². The van der Waals surface area contributed by atoms with E-state index in [1.165, 1.54) is 0 Å². The lowest BCUT2D eigenvalue weighted by molar-refractivity contribution is 0.273. The maximum Gasteiger partial charge on any atom is 0.167 e. The fourth-order valence-electron chi connectivity index (χ4n) is 1.23. The molecule has 0 aliphatic carbocycles. The van der Waals surface area contributed by atoms with E-state index in [9.17, 15) is 13.9 Å². The van der Waals surface area contributed by atoms with E-state index in [1.54, 1.807) is 0 Å². The summed E-state index contributed by atoms with van der Waals surface area (Å²) < 4.78 is 26.3. The van der Waals surface area contributed by atoms with E-state index in [0.717, 1.165) is 6.07 Å². The van der Waals surface area contributed by atoms with Crippen molar-refractivity contribution in [2.75, 3.05) is 6.61 Å². The zero-order valence-corrected chi connectivity index (χ0v) is 9.26. The van der Waals surface area contributed by atoms with Crippen LogP contribution in [-0.2, 0) is 0 Å². The van der Waals surface area contributed by atoms with Gasteiger partial charge in [-0.1, -0.05) is 0 Å². The van der Waals surface area contributed by atoms with E-state index in [4.69, 9.17) is 10.8 Å². The average Bonchev–Trinajstić information content (AvgIpc) is 2.16. The molecule has 0 aliphatic heterocycles. The van der Waals surface area contributed by atoms with Gasteiger partial charge in [-0.2, -0.15) is 0 Å². The van der Waals surface area contributed by atoms with Crippen molar-refractivity contribution in [1.29, 1.82) is 0 Å². The Morgan fingerprint density at radius 1 is 1.47 bits per heavy atom. The minimum absolute atomic E-state index is 0.0322. The third-order valence-corrected chi connectivity index (χ3v) is 2.60. The number of rotatable bonds is 3. The van der Waals surface area contributed by atoms with Crippen LogP contribution in [0.1, 0.15) is 18.0 Å². The molecule has 3 nitrogen and oxygen atoms in total. The van der Waals surface area contributed by atoms with E-state index in [1.807, 2.05) is 0 Å². The number of nitrogens with two attached hydrogens (primary N) is 1. The molecule has 0 bridgehead atoms. The van der Waals surface area contributed by atoms with Crippen LogP contribution in [0.25, 0.3) is 0 Å². The molecule has 1 atom stereocenters. The summed E-state index contributed by atoms with van der Waals surface area (Å²) in [5.74, 6) is -2.71. The molecule has 0 unspecified atom stereocenters. The Balaban J connectivity index is 3.26. The van der Waals surface area contributed by atoms with E-state index < -0.39 is 23.4 Å². The Hall–Kier alpha value is -0.720. The second-order valence-electron chi connectivity index (χ2n) is 3.04. The summed E-state index contributed by atoms with van der Waals surface area (Å²) in [6, 6.07) is -0.123. The third kappa shape index (κ3) is 2.45. The standard InChI is InChI=1S/C9H10BrF2NO2/c10-4-3-5(11)8(12)7(9(4)15)6(13)1-2-14/h3,6,14-15H,1-2,13H2/t6-/m0/s1. The lowest BCUT2D eigenvalue weighted by atomic mass is 10.0. The van der Waals surface area contributed by atoms with Gasteiger partial charge < -0.3 is 15.9 Å². The SMILES string of the molecule is N[C@@H](CCO)c1c(O)c(Br)cc(F)c1F. The predicted octanol–water partition coefficient (Wildman–Crippen LogP) is 1.82. The zero-order chi connectivity index (χ0) is 11.6. The first kappa shape index (κ1) is 12.4. The molecule has 1 rings (SSSR count). The number of aliphatic hydroxyl groups excluding tert-OH is 1. The fourth-order valence-corrected chi connectivity index (χ4v) is 1.64. The molecule has 0 heterocycles. The summed E-state index contributed by atoms with van der Waals surface area (Å²) in [7, 11) is 0. The van der Waals surface area contributed by atoms with Gasteiger partial charge in [0.2, 0.25) is 0 Å². The number of phenols is 1. The average molecular weight is 282 g/mol. The minimum atomic E-state index is -1.18. The number of hydrogen-bond donors (Lipinski definition) is 3. The summed E-state index contributed by atoms with van der Waals surface area (Å²) in [6.45, 7) is -0.270. The Kier molecular flexibility index (Phi) is 4.01. The van der Waals surface area contributed by atoms with Crippen LogP contribution in [0.2, 0.25) is 0 Å². The number of hydrogen-bond acceptors (Lipinski definition) is 3. The monoisotopic (exact) mass is 281 g/mol. The molecule has 1 aromatic rings. The van der Waals surface area contributed by atoms with Gasteiger partial charge in [0.25, 0.3) is 0 Å². The van der Waals surface area contributed by atoms with Crippen molar-refractivity contribution >= 4 is 15.9 Å². The highest BCUT2D eigenvalue weighted by molar-refractivity contribution is 9.10. The Bertz CT molecular complexity index is 347.